The summed E-state index contributed by atoms with van der Waals surface area (Å²) in [6.45, 7) is 1.66. The number of nitrogens with zero attached hydrogens (tertiary/aromatic N) is 1. The highest BCUT2D eigenvalue weighted by molar-refractivity contribution is 6.30. The van der Waals surface area contributed by atoms with Crippen molar-refractivity contribution < 1.29 is 14.0 Å². The van der Waals surface area contributed by atoms with Gasteiger partial charge in [-0.3, -0.25) is 9.59 Å². The molecule has 6 heteroatoms. The van der Waals surface area contributed by atoms with E-state index in [1.54, 1.807) is 47.4 Å². The van der Waals surface area contributed by atoms with E-state index < -0.39 is 6.04 Å². The lowest BCUT2D eigenvalue weighted by Gasteiger charge is -2.26. The lowest BCUT2D eigenvalue weighted by molar-refractivity contribution is -0.133. The summed E-state index contributed by atoms with van der Waals surface area (Å²) < 4.78 is 14.0. The van der Waals surface area contributed by atoms with Crippen LogP contribution < -0.4 is 5.32 Å². The first-order valence-corrected chi connectivity index (χ1v) is 9.37. The molecule has 0 heterocycles. The van der Waals surface area contributed by atoms with Gasteiger partial charge >= 0.3 is 0 Å². The fourth-order valence-corrected chi connectivity index (χ4v) is 3.23. The number of rotatable bonds is 7. The van der Waals surface area contributed by atoms with E-state index in [0.717, 1.165) is 18.4 Å². The van der Waals surface area contributed by atoms with Gasteiger partial charge in [-0.05, 0) is 36.6 Å². The lowest BCUT2D eigenvalue weighted by atomic mass is 10.0. The largest absolute Gasteiger partial charge is 0.349 e. The zero-order valence-electron chi connectivity index (χ0n) is 15.1. The van der Waals surface area contributed by atoms with E-state index in [2.05, 4.69) is 5.32 Å². The summed E-state index contributed by atoms with van der Waals surface area (Å²) in [5.41, 5.74) is 1.31. The SMILES string of the molecule is CC(=O)NC(CC(=O)N(Cc1ccccc1F)C1CC1)c1ccc(Cl)cc1. The Bertz CT molecular complexity index is 821. The maximum Gasteiger partial charge on any atom is 0.225 e. The lowest BCUT2D eigenvalue weighted by Crippen LogP contribution is -2.37. The molecule has 0 aliphatic heterocycles. The molecule has 2 aromatic rings. The molecule has 0 aromatic heterocycles. The molecule has 0 radical (unpaired) electrons. The van der Waals surface area contributed by atoms with Crippen molar-refractivity contribution >= 4 is 23.4 Å². The molecule has 142 valence electrons. The molecule has 0 saturated heterocycles. The van der Waals surface area contributed by atoms with Crippen molar-refractivity contribution in [2.45, 2.75) is 44.8 Å². The summed E-state index contributed by atoms with van der Waals surface area (Å²) in [5, 5.41) is 3.42. The Balaban J connectivity index is 1.76. The first-order valence-electron chi connectivity index (χ1n) is 8.99. The summed E-state index contributed by atoms with van der Waals surface area (Å²) in [7, 11) is 0. The van der Waals surface area contributed by atoms with Crippen LogP contribution in [0.4, 0.5) is 4.39 Å². The molecule has 1 N–H and O–H groups in total. The highest BCUT2D eigenvalue weighted by Gasteiger charge is 2.34. The first-order chi connectivity index (χ1) is 12.9. The third-order valence-electron chi connectivity index (χ3n) is 4.64. The summed E-state index contributed by atoms with van der Waals surface area (Å²) in [6.07, 6.45) is 1.96. The Kier molecular flexibility index (Phi) is 6.11. The monoisotopic (exact) mass is 388 g/mol. The van der Waals surface area contributed by atoms with Crippen LogP contribution in [0.15, 0.2) is 48.5 Å². The van der Waals surface area contributed by atoms with E-state index in [1.807, 2.05) is 0 Å². The molecule has 2 aromatic carbocycles. The molecule has 1 atom stereocenters. The second-order valence-corrected chi connectivity index (χ2v) is 7.29. The second kappa shape index (κ2) is 8.53. The molecule has 1 fully saturated rings. The maximum absolute atomic E-state index is 14.0. The van der Waals surface area contributed by atoms with Crippen LogP contribution in [0.25, 0.3) is 0 Å². The molecule has 0 bridgehead atoms. The highest BCUT2D eigenvalue weighted by Crippen LogP contribution is 2.31. The van der Waals surface area contributed by atoms with Gasteiger partial charge in [0.25, 0.3) is 0 Å². The van der Waals surface area contributed by atoms with E-state index in [4.69, 9.17) is 11.6 Å². The average molecular weight is 389 g/mol. The number of hydrogen-bond acceptors (Lipinski definition) is 2. The Hall–Kier alpha value is -2.40. The van der Waals surface area contributed by atoms with E-state index in [0.29, 0.717) is 10.6 Å². The Morgan fingerprint density at radius 2 is 1.85 bits per heavy atom. The first kappa shape index (κ1) is 19.4. The summed E-state index contributed by atoms with van der Waals surface area (Å²) in [5.74, 6) is -0.628. The molecule has 1 saturated carbocycles. The molecule has 1 aliphatic carbocycles. The van der Waals surface area contributed by atoms with Crippen molar-refractivity contribution in [2.75, 3.05) is 0 Å². The number of amides is 2. The maximum atomic E-state index is 14.0. The van der Waals surface area contributed by atoms with Gasteiger partial charge < -0.3 is 10.2 Å². The van der Waals surface area contributed by atoms with E-state index in [9.17, 15) is 14.0 Å². The van der Waals surface area contributed by atoms with E-state index in [1.165, 1.54) is 13.0 Å². The molecule has 0 spiro atoms. The standard InChI is InChI=1S/C21H22ClFN2O2/c1-14(26)24-20(15-6-8-17(22)9-7-15)12-21(27)25(18-10-11-18)13-16-4-2-3-5-19(16)23/h2-9,18,20H,10-13H2,1H3,(H,24,26). The van der Waals surface area contributed by atoms with Crippen molar-refractivity contribution in [2.24, 2.45) is 0 Å². The highest BCUT2D eigenvalue weighted by atomic mass is 35.5. The summed E-state index contributed by atoms with van der Waals surface area (Å²) in [4.78, 5) is 26.3. The minimum absolute atomic E-state index is 0.102. The van der Waals surface area contributed by atoms with Crippen LogP contribution >= 0.6 is 11.6 Å². The van der Waals surface area contributed by atoms with Crippen molar-refractivity contribution in [3.63, 3.8) is 0 Å². The van der Waals surface area contributed by atoms with Crippen molar-refractivity contribution in [3.8, 4) is 0 Å². The molecule has 4 nitrogen and oxygen atoms in total. The van der Waals surface area contributed by atoms with Gasteiger partial charge in [0.05, 0.1) is 12.5 Å². The van der Waals surface area contributed by atoms with Crippen LogP contribution in [-0.2, 0) is 16.1 Å². The van der Waals surface area contributed by atoms with Crippen LogP contribution in [0, 0.1) is 5.82 Å². The molecule has 2 amide bonds. The molecule has 1 unspecified atom stereocenters. The Morgan fingerprint density at radius 1 is 1.19 bits per heavy atom. The molecule has 27 heavy (non-hydrogen) atoms. The second-order valence-electron chi connectivity index (χ2n) is 6.85. The predicted octanol–water partition coefficient (Wildman–Crippen LogP) is 4.24. The topological polar surface area (TPSA) is 49.4 Å². The molecule has 1 aliphatic rings. The molecular weight excluding hydrogens is 367 g/mol. The van der Waals surface area contributed by atoms with Gasteiger partial charge in [0.15, 0.2) is 0 Å². The number of carbonyl (C=O) groups is 2. The van der Waals surface area contributed by atoms with Crippen LogP contribution in [-0.4, -0.2) is 22.8 Å². The number of halogens is 2. The summed E-state index contributed by atoms with van der Waals surface area (Å²) in [6, 6.07) is 13.2. The minimum Gasteiger partial charge on any atom is -0.349 e. The predicted molar refractivity (Wildman–Crippen MR) is 103 cm³/mol. The van der Waals surface area contributed by atoms with Gasteiger partial charge in [0, 0.05) is 30.1 Å². The number of hydrogen-bond donors (Lipinski definition) is 1. The third-order valence-corrected chi connectivity index (χ3v) is 4.89. The van der Waals surface area contributed by atoms with Crippen molar-refractivity contribution in [3.05, 3.63) is 70.5 Å². The van der Waals surface area contributed by atoms with Gasteiger partial charge in [-0.15, -0.1) is 0 Å². The minimum atomic E-state index is -0.450. The normalized spacial score (nSPS) is 14.5. The number of nitrogens with one attached hydrogen (secondary N) is 1. The van der Waals surface area contributed by atoms with Crippen LogP contribution in [0.1, 0.15) is 43.4 Å². The van der Waals surface area contributed by atoms with Gasteiger partial charge in [-0.1, -0.05) is 41.9 Å². The van der Waals surface area contributed by atoms with Gasteiger partial charge in [-0.25, -0.2) is 4.39 Å². The van der Waals surface area contributed by atoms with Crippen molar-refractivity contribution in [1.29, 1.82) is 0 Å². The number of benzene rings is 2. The van der Waals surface area contributed by atoms with Crippen LogP contribution in [0.2, 0.25) is 5.02 Å². The third kappa shape index (κ3) is 5.30. The van der Waals surface area contributed by atoms with E-state index >= 15 is 0 Å². The van der Waals surface area contributed by atoms with Gasteiger partial charge in [0.1, 0.15) is 5.82 Å². The molecule has 3 rings (SSSR count). The van der Waals surface area contributed by atoms with Crippen LogP contribution in [0.5, 0.6) is 0 Å². The quantitative estimate of drug-likeness (QED) is 0.771. The van der Waals surface area contributed by atoms with Crippen molar-refractivity contribution in [1.82, 2.24) is 10.2 Å². The summed E-state index contributed by atoms with van der Waals surface area (Å²) >= 11 is 5.94. The van der Waals surface area contributed by atoms with Crippen LogP contribution in [0.3, 0.4) is 0 Å². The Morgan fingerprint density at radius 3 is 2.44 bits per heavy atom. The van der Waals surface area contributed by atoms with Gasteiger partial charge in [0.2, 0.25) is 11.8 Å². The zero-order valence-corrected chi connectivity index (χ0v) is 15.9. The Labute approximate surface area is 163 Å². The smallest absolute Gasteiger partial charge is 0.225 e. The fraction of sp³-hybridized carbons (Fsp3) is 0.333. The fourth-order valence-electron chi connectivity index (χ4n) is 3.10. The zero-order chi connectivity index (χ0) is 19.4. The molecular formula is C21H22ClFN2O2. The average Bonchev–Trinajstić information content (AvgIpc) is 3.45. The van der Waals surface area contributed by atoms with Gasteiger partial charge in [-0.2, -0.15) is 0 Å². The van der Waals surface area contributed by atoms with E-state index in [-0.39, 0.29) is 36.6 Å². The number of carbonyl (C=O) groups excluding carboxylic acids is 2.